The SMILES string of the molecule is CCN(CC)C(CNC(=NC)NCc1ccc(OC)cc1OC)c1ccsc1.I. The standard InChI is InChI=1S/C21H32N4O2S.HI/c1-6-25(7-2)19(17-10-11-28-15-17)14-24-21(22-3)23-13-16-8-9-18(26-4)12-20(16)27-5;/h8-12,15,19H,6-7,13-14H2,1-5H3,(H2,22,23,24);1H. The monoisotopic (exact) mass is 532 g/mol. The van der Waals surface area contributed by atoms with Crippen molar-refractivity contribution in [2.45, 2.75) is 26.4 Å². The number of thiophene rings is 1. The van der Waals surface area contributed by atoms with Crippen LogP contribution in [0, 0.1) is 0 Å². The van der Waals surface area contributed by atoms with Crippen molar-refractivity contribution in [2.24, 2.45) is 4.99 Å². The molecule has 29 heavy (non-hydrogen) atoms. The lowest BCUT2D eigenvalue weighted by molar-refractivity contribution is 0.219. The van der Waals surface area contributed by atoms with E-state index < -0.39 is 0 Å². The van der Waals surface area contributed by atoms with E-state index >= 15 is 0 Å². The van der Waals surface area contributed by atoms with Crippen molar-refractivity contribution >= 4 is 41.3 Å². The van der Waals surface area contributed by atoms with Gasteiger partial charge >= 0.3 is 0 Å². The quantitative estimate of drug-likeness (QED) is 0.274. The lowest BCUT2D eigenvalue weighted by Crippen LogP contribution is -2.43. The molecule has 0 amide bonds. The van der Waals surface area contributed by atoms with Gasteiger partial charge < -0.3 is 20.1 Å². The lowest BCUT2D eigenvalue weighted by atomic mass is 10.1. The Morgan fingerprint density at radius 3 is 2.45 bits per heavy atom. The summed E-state index contributed by atoms with van der Waals surface area (Å²) in [6.45, 7) is 7.82. The molecule has 1 aromatic heterocycles. The molecule has 0 saturated heterocycles. The average Bonchev–Trinajstić information content (AvgIpc) is 3.27. The van der Waals surface area contributed by atoms with Gasteiger partial charge in [-0.1, -0.05) is 13.8 Å². The summed E-state index contributed by atoms with van der Waals surface area (Å²) < 4.78 is 10.7. The summed E-state index contributed by atoms with van der Waals surface area (Å²) in [6.07, 6.45) is 0. The third-order valence-electron chi connectivity index (χ3n) is 4.81. The number of guanidine groups is 1. The van der Waals surface area contributed by atoms with E-state index in [2.05, 4.69) is 51.2 Å². The molecule has 0 saturated carbocycles. The Kier molecular flexibility index (Phi) is 12.0. The van der Waals surface area contributed by atoms with Gasteiger partial charge in [0.25, 0.3) is 0 Å². The number of likely N-dealkylation sites (N-methyl/N-ethyl adjacent to an activating group) is 1. The Hall–Kier alpha value is -1.52. The average molecular weight is 532 g/mol. The van der Waals surface area contributed by atoms with Crippen LogP contribution in [0.4, 0.5) is 0 Å². The third-order valence-corrected chi connectivity index (χ3v) is 5.51. The normalized spacial score (nSPS) is 12.3. The zero-order valence-corrected chi connectivity index (χ0v) is 21.0. The van der Waals surface area contributed by atoms with Crippen LogP contribution in [0.5, 0.6) is 11.5 Å². The number of hydrogen-bond acceptors (Lipinski definition) is 5. The molecular weight excluding hydrogens is 499 g/mol. The second-order valence-corrected chi connectivity index (χ2v) is 7.06. The highest BCUT2D eigenvalue weighted by Gasteiger charge is 2.18. The van der Waals surface area contributed by atoms with E-state index in [0.29, 0.717) is 12.6 Å². The van der Waals surface area contributed by atoms with Gasteiger partial charge in [-0.15, -0.1) is 24.0 Å². The molecule has 2 aromatic rings. The smallest absolute Gasteiger partial charge is 0.191 e. The highest BCUT2D eigenvalue weighted by atomic mass is 127. The zero-order chi connectivity index (χ0) is 20.4. The summed E-state index contributed by atoms with van der Waals surface area (Å²) in [5, 5.41) is 11.2. The molecule has 1 unspecified atom stereocenters. The van der Waals surface area contributed by atoms with Crippen LogP contribution in [0.1, 0.15) is 31.0 Å². The molecule has 0 aliphatic carbocycles. The van der Waals surface area contributed by atoms with Gasteiger partial charge in [0.2, 0.25) is 0 Å². The molecule has 1 aromatic carbocycles. The first kappa shape index (κ1) is 25.5. The van der Waals surface area contributed by atoms with Gasteiger partial charge in [-0.05, 0) is 47.6 Å². The Morgan fingerprint density at radius 2 is 1.90 bits per heavy atom. The first-order valence-electron chi connectivity index (χ1n) is 9.58. The van der Waals surface area contributed by atoms with Crippen LogP contribution in [-0.2, 0) is 6.54 Å². The second kappa shape index (κ2) is 13.7. The van der Waals surface area contributed by atoms with Crippen molar-refractivity contribution in [2.75, 3.05) is 40.9 Å². The molecule has 2 N–H and O–H groups in total. The maximum absolute atomic E-state index is 5.48. The number of methoxy groups -OCH3 is 2. The maximum Gasteiger partial charge on any atom is 0.191 e. The van der Waals surface area contributed by atoms with Gasteiger partial charge in [0.05, 0.1) is 20.3 Å². The molecule has 1 heterocycles. The minimum atomic E-state index is 0. The number of nitrogens with one attached hydrogen (secondary N) is 2. The van der Waals surface area contributed by atoms with Crippen molar-refractivity contribution < 1.29 is 9.47 Å². The predicted molar refractivity (Wildman–Crippen MR) is 133 cm³/mol. The van der Waals surface area contributed by atoms with Crippen molar-refractivity contribution in [3.63, 3.8) is 0 Å². The molecule has 0 aliphatic heterocycles. The molecule has 0 fully saturated rings. The Labute approximate surface area is 195 Å². The highest BCUT2D eigenvalue weighted by Crippen LogP contribution is 2.24. The molecule has 6 nitrogen and oxygen atoms in total. The van der Waals surface area contributed by atoms with Crippen LogP contribution in [-0.4, -0.2) is 51.8 Å². The van der Waals surface area contributed by atoms with E-state index in [0.717, 1.165) is 42.7 Å². The largest absolute Gasteiger partial charge is 0.497 e. The molecule has 8 heteroatoms. The number of halogens is 1. The number of hydrogen-bond donors (Lipinski definition) is 2. The van der Waals surface area contributed by atoms with E-state index in [-0.39, 0.29) is 24.0 Å². The van der Waals surface area contributed by atoms with Gasteiger partial charge in [-0.3, -0.25) is 9.89 Å². The Bertz CT molecular complexity index is 736. The van der Waals surface area contributed by atoms with E-state index in [1.807, 2.05) is 18.2 Å². The Morgan fingerprint density at radius 1 is 1.14 bits per heavy atom. The fourth-order valence-electron chi connectivity index (χ4n) is 3.18. The minimum Gasteiger partial charge on any atom is -0.497 e. The van der Waals surface area contributed by atoms with Crippen LogP contribution < -0.4 is 20.1 Å². The van der Waals surface area contributed by atoms with Crippen LogP contribution >= 0.6 is 35.3 Å². The molecule has 2 rings (SSSR count). The van der Waals surface area contributed by atoms with Gasteiger partial charge in [0, 0.05) is 31.8 Å². The lowest BCUT2D eigenvalue weighted by Gasteiger charge is -2.30. The highest BCUT2D eigenvalue weighted by molar-refractivity contribution is 14.0. The summed E-state index contributed by atoms with van der Waals surface area (Å²) in [5.41, 5.74) is 2.39. The third kappa shape index (κ3) is 7.35. The zero-order valence-electron chi connectivity index (χ0n) is 17.9. The fraction of sp³-hybridized carbons (Fsp3) is 0.476. The van der Waals surface area contributed by atoms with E-state index in [4.69, 9.17) is 9.47 Å². The van der Waals surface area contributed by atoms with Crippen LogP contribution in [0.25, 0.3) is 0 Å². The summed E-state index contributed by atoms with van der Waals surface area (Å²) >= 11 is 1.74. The van der Waals surface area contributed by atoms with Crippen LogP contribution in [0.3, 0.4) is 0 Å². The second-order valence-electron chi connectivity index (χ2n) is 6.28. The molecule has 0 spiro atoms. The first-order valence-corrected chi connectivity index (χ1v) is 10.5. The van der Waals surface area contributed by atoms with Crippen molar-refractivity contribution in [3.8, 4) is 11.5 Å². The number of aliphatic imine (C=N–C) groups is 1. The molecule has 1 atom stereocenters. The van der Waals surface area contributed by atoms with Gasteiger partial charge in [0.1, 0.15) is 11.5 Å². The minimum absolute atomic E-state index is 0. The summed E-state index contributed by atoms with van der Waals surface area (Å²) in [5.74, 6) is 2.34. The molecular formula is C21H33IN4O2S. The fourth-order valence-corrected chi connectivity index (χ4v) is 3.88. The number of benzene rings is 1. The van der Waals surface area contributed by atoms with Crippen LogP contribution in [0.2, 0.25) is 0 Å². The maximum atomic E-state index is 5.48. The van der Waals surface area contributed by atoms with E-state index in [1.165, 1.54) is 5.56 Å². The van der Waals surface area contributed by atoms with Crippen molar-refractivity contribution in [1.29, 1.82) is 0 Å². The summed E-state index contributed by atoms with van der Waals surface area (Å²) in [6, 6.07) is 8.34. The van der Waals surface area contributed by atoms with E-state index in [9.17, 15) is 0 Å². The Balaban J connectivity index is 0.00000420. The van der Waals surface area contributed by atoms with Crippen molar-refractivity contribution in [3.05, 3.63) is 46.2 Å². The summed E-state index contributed by atoms with van der Waals surface area (Å²) in [4.78, 5) is 6.82. The van der Waals surface area contributed by atoms with Gasteiger partial charge in [-0.25, -0.2) is 0 Å². The summed E-state index contributed by atoms with van der Waals surface area (Å²) in [7, 11) is 5.11. The van der Waals surface area contributed by atoms with E-state index in [1.54, 1.807) is 32.6 Å². The number of ether oxygens (including phenoxy) is 2. The molecule has 0 bridgehead atoms. The first-order chi connectivity index (χ1) is 13.7. The molecule has 0 aliphatic rings. The van der Waals surface area contributed by atoms with Crippen LogP contribution in [0.15, 0.2) is 40.0 Å². The topological polar surface area (TPSA) is 58.1 Å². The van der Waals surface area contributed by atoms with Crippen molar-refractivity contribution in [1.82, 2.24) is 15.5 Å². The van der Waals surface area contributed by atoms with Gasteiger partial charge in [0.15, 0.2) is 5.96 Å². The van der Waals surface area contributed by atoms with Gasteiger partial charge in [-0.2, -0.15) is 11.3 Å². The molecule has 162 valence electrons. The number of rotatable bonds is 10. The number of nitrogens with zero attached hydrogens (tertiary/aromatic N) is 2. The predicted octanol–water partition coefficient (Wildman–Crippen LogP) is 4.13. The molecule has 0 radical (unpaired) electrons.